The molecule has 0 unspecified atom stereocenters. The summed E-state index contributed by atoms with van der Waals surface area (Å²) in [7, 11) is 0. The highest BCUT2D eigenvalue weighted by molar-refractivity contribution is 6.33. The molecule has 1 aliphatic rings. The van der Waals surface area contributed by atoms with E-state index in [-0.39, 0.29) is 29.5 Å². The van der Waals surface area contributed by atoms with E-state index in [0.29, 0.717) is 0 Å². The van der Waals surface area contributed by atoms with E-state index in [1.54, 1.807) is 34.6 Å². The summed E-state index contributed by atoms with van der Waals surface area (Å²) in [5.74, 6) is 3.96. The van der Waals surface area contributed by atoms with Crippen molar-refractivity contribution in [3.05, 3.63) is 40.0 Å². The summed E-state index contributed by atoms with van der Waals surface area (Å²) in [5.41, 5.74) is -1.95. The van der Waals surface area contributed by atoms with Crippen LogP contribution in [0.2, 0.25) is 5.02 Å². The smallest absolute Gasteiger partial charge is 0.409 e. The van der Waals surface area contributed by atoms with E-state index in [9.17, 15) is 9.18 Å². The molecule has 0 radical (unpaired) electrons. The number of nitrogens with zero attached hydrogens (tertiary/aromatic N) is 1. The number of nitrogens with one attached hydrogen (secondary N) is 1. The molecule has 1 heterocycles. The van der Waals surface area contributed by atoms with Crippen molar-refractivity contribution in [3.8, 4) is 11.8 Å². The topological polar surface area (TPSA) is 61.2 Å². The highest BCUT2D eigenvalue weighted by Crippen LogP contribution is 2.28. The van der Waals surface area contributed by atoms with E-state index in [0.717, 1.165) is 6.07 Å². The zero-order chi connectivity index (χ0) is 21.2. The lowest BCUT2D eigenvalue weighted by atomic mass is 10.00. The Bertz CT molecular complexity index is 865. The molecule has 28 heavy (non-hydrogen) atoms. The fourth-order valence-corrected chi connectivity index (χ4v) is 2.46. The number of amides is 1. The predicted octanol–water partition coefficient (Wildman–Crippen LogP) is 4.43. The van der Waals surface area contributed by atoms with Crippen molar-refractivity contribution in [2.75, 3.05) is 13.2 Å². The molecule has 150 valence electrons. The fraction of sp³-hybridized carbons (Fsp3) is 0.500. The van der Waals surface area contributed by atoms with Gasteiger partial charge in [-0.05, 0) is 46.8 Å². The van der Waals surface area contributed by atoms with E-state index >= 15 is 0 Å². The molecule has 0 aromatic heterocycles. The van der Waals surface area contributed by atoms with E-state index < -0.39 is 28.8 Å². The maximum absolute atomic E-state index is 14.2. The number of hydrogen-bond donors (Lipinski definition) is 1. The first-order chi connectivity index (χ1) is 12.8. The molecule has 0 saturated carbocycles. The Morgan fingerprint density at radius 3 is 2.50 bits per heavy atom. The second-order valence-electron chi connectivity index (χ2n) is 7.83. The molecular formula is C20H22ClFN2O4. The van der Waals surface area contributed by atoms with E-state index in [4.69, 9.17) is 32.4 Å². The number of rotatable bonds is 1. The van der Waals surface area contributed by atoms with Crippen LogP contribution in [-0.2, 0) is 14.2 Å². The summed E-state index contributed by atoms with van der Waals surface area (Å²) in [6, 6.07) is 2.29. The number of alkyl carbamates (subject to hydrolysis) is 1. The van der Waals surface area contributed by atoms with Gasteiger partial charge in [0, 0.05) is 5.02 Å². The van der Waals surface area contributed by atoms with Gasteiger partial charge in [-0.2, -0.15) is 0 Å². The summed E-state index contributed by atoms with van der Waals surface area (Å²) in [6.45, 7) is 15.7. The zero-order valence-corrected chi connectivity index (χ0v) is 17.2. The van der Waals surface area contributed by atoms with Gasteiger partial charge in [0.25, 0.3) is 0 Å². The van der Waals surface area contributed by atoms with E-state index in [2.05, 4.69) is 22.0 Å². The predicted molar refractivity (Wildman–Crippen MR) is 103 cm³/mol. The van der Waals surface area contributed by atoms with Gasteiger partial charge >= 0.3 is 6.09 Å². The van der Waals surface area contributed by atoms with Gasteiger partial charge in [0.15, 0.2) is 11.3 Å². The highest BCUT2D eigenvalue weighted by atomic mass is 35.5. The van der Waals surface area contributed by atoms with E-state index in [1.165, 1.54) is 6.07 Å². The van der Waals surface area contributed by atoms with Crippen LogP contribution in [0.4, 0.5) is 14.9 Å². The Kier molecular flexibility index (Phi) is 6.25. The van der Waals surface area contributed by atoms with Crippen LogP contribution in [-0.4, -0.2) is 36.2 Å². The molecule has 8 heteroatoms. The standard InChI is InChI=1S/C20H22ClFN2O4/c1-18(2,3)28-17(25)24-20(11-26-19(4,5)27-12-20)8-7-13-9-14(21)16(23-6)10-15(13)22/h9-10H,11-12H2,1-5H3,(H,24,25). The van der Waals surface area contributed by atoms with Crippen LogP contribution in [0.5, 0.6) is 0 Å². The second kappa shape index (κ2) is 7.97. The zero-order valence-electron chi connectivity index (χ0n) is 16.4. The first-order valence-corrected chi connectivity index (χ1v) is 8.91. The molecule has 1 N–H and O–H groups in total. The Labute approximate surface area is 169 Å². The monoisotopic (exact) mass is 408 g/mol. The molecule has 1 amide bonds. The van der Waals surface area contributed by atoms with Crippen LogP contribution in [0.15, 0.2) is 12.1 Å². The molecule has 0 bridgehead atoms. The molecule has 1 fully saturated rings. The van der Waals surface area contributed by atoms with Crippen molar-refractivity contribution in [1.29, 1.82) is 0 Å². The average Bonchev–Trinajstić information content (AvgIpc) is 2.56. The number of carbonyl (C=O) groups excluding carboxylic acids is 1. The minimum absolute atomic E-state index is 0.00241. The number of hydrogen-bond acceptors (Lipinski definition) is 4. The van der Waals surface area contributed by atoms with E-state index in [1.807, 2.05) is 0 Å². The Morgan fingerprint density at radius 1 is 1.36 bits per heavy atom. The van der Waals surface area contributed by atoms with Crippen LogP contribution in [0.3, 0.4) is 0 Å². The third-order valence-electron chi connectivity index (χ3n) is 3.67. The third kappa shape index (κ3) is 5.84. The van der Waals surface area contributed by atoms with Crippen LogP contribution >= 0.6 is 11.6 Å². The largest absolute Gasteiger partial charge is 0.444 e. The van der Waals surface area contributed by atoms with Gasteiger partial charge in [-0.25, -0.2) is 14.0 Å². The second-order valence-corrected chi connectivity index (χ2v) is 8.24. The molecule has 1 aliphatic heterocycles. The summed E-state index contributed by atoms with van der Waals surface area (Å²) in [4.78, 5) is 15.4. The minimum atomic E-state index is -1.24. The SMILES string of the molecule is [C-]#[N+]c1cc(F)c(C#CC2(NC(=O)OC(C)(C)C)COC(C)(C)OC2)cc1Cl. The third-order valence-corrected chi connectivity index (χ3v) is 3.97. The maximum Gasteiger partial charge on any atom is 0.409 e. The van der Waals surface area contributed by atoms with Crippen molar-refractivity contribution in [1.82, 2.24) is 5.32 Å². The quantitative estimate of drug-likeness (QED) is 0.551. The van der Waals surface area contributed by atoms with Crippen molar-refractivity contribution in [3.63, 3.8) is 0 Å². The van der Waals surface area contributed by atoms with Crippen molar-refractivity contribution in [2.24, 2.45) is 0 Å². The number of carbonyl (C=O) groups is 1. The summed E-state index contributed by atoms with van der Waals surface area (Å²) in [5, 5.41) is 2.75. The molecule has 0 aliphatic carbocycles. The summed E-state index contributed by atoms with van der Waals surface area (Å²) >= 11 is 5.96. The van der Waals surface area contributed by atoms with Gasteiger partial charge < -0.3 is 19.5 Å². The summed E-state index contributed by atoms with van der Waals surface area (Å²) < 4.78 is 30.8. The summed E-state index contributed by atoms with van der Waals surface area (Å²) in [6.07, 6.45) is -0.699. The highest BCUT2D eigenvalue weighted by Gasteiger charge is 2.41. The average molecular weight is 409 g/mol. The molecular weight excluding hydrogens is 387 g/mol. The molecule has 1 saturated heterocycles. The number of halogens is 2. The number of benzene rings is 1. The normalized spacial score (nSPS) is 17.6. The first-order valence-electron chi connectivity index (χ1n) is 8.53. The molecule has 0 atom stereocenters. The molecule has 0 spiro atoms. The van der Waals surface area contributed by atoms with Crippen LogP contribution in [0, 0.1) is 24.2 Å². The lowest BCUT2D eigenvalue weighted by Gasteiger charge is -2.41. The molecule has 6 nitrogen and oxygen atoms in total. The van der Waals surface area contributed by atoms with Crippen LogP contribution in [0.1, 0.15) is 40.2 Å². The molecule has 1 aromatic rings. The van der Waals surface area contributed by atoms with Crippen LogP contribution < -0.4 is 5.32 Å². The van der Waals surface area contributed by atoms with Gasteiger partial charge in [-0.1, -0.05) is 23.4 Å². The van der Waals surface area contributed by atoms with Gasteiger partial charge in [0.1, 0.15) is 11.4 Å². The Balaban J connectivity index is 2.35. The first kappa shape index (κ1) is 22.0. The fourth-order valence-electron chi connectivity index (χ4n) is 2.26. The van der Waals surface area contributed by atoms with Gasteiger partial charge in [-0.3, -0.25) is 0 Å². The minimum Gasteiger partial charge on any atom is -0.444 e. The Hall–Kier alpha value is -2.32. The van der Waals surface area contributed by atoms with Gasteiger partial charge in [0.05, 0.1) is 25.3 Å². The lowest BCUT2D eigenvalue weighted by molar-refractivity contribution is -0.262. The van der Waals surface area contributed by atoms with Crippen molar-refractivity contribution < 1.29 is 23.4 Å². The van der Waals surface area contributed by atoms with Crippen LogP contribution in [0.25, 0.3) is 4.85 Å². The van der Waals surface area contributed by atoms with Crippen molar-refractivity contribution >= 4 is 23.4 Å². The molecule has 1 aromatic carbocycles. The van der Waals surface area contributed by atoms with Gasteiger partial charge in [-0.15, -0.1) is 0 Å². The number of ether oxygens (including phenoxy) is 3. The maximum atomic E-state index is 14.2. The molecule has 2 rings (SSSR count). The lowest BCUT2D eigenvalue weighted by Crippen LogP contribution is -2.60. The Morgan fingerprint density at radius 2 is 1.96 bits per heavy atom. The van der Waals surface area contributed by atoms with Crippen molar-refractivity contribution in [2.45, 2.75) is 51.5 Å². The van der Waals surface area contributed by atoms with Gasteiger partial charge in [0.2, 0.25) is 5.69 Å².